The number of carbonyl (C=O) groups is 1. The van der Waals surface area contributed by atoms with Crippen LogP contribution in [0, 0.1) is 0 Å². The molecule has 0 fully saturated rings. The average molecular weight is 376 g/mol. The molecule has 0 aromatic heterocycles. The fourth-order valence-corrected chi connectivity index (χ4v) is 4.07. The average Bonchev–Trinajstić information content (AvgIpc) is 2.96. The highest BCUT2D eigenvalue weighted by Crippen LogP contribution is 2.38. The third-order valence-corrected chi connectivity index (χ3v) is 5.76. The molecule has 0 N–H and O–H groups in total. The minimum atomic E-state index is -0.425. The zero-order chi connectivity index (χ0) is 19.2. The molecular formula is C24H22ClNO. The molecule has 1 heterocycles. The predicted molar refractivity (Wildman–Crippen MR) is 113 cm³/mol. The molecule has 27 heavy (non-hydrogen) atoms. The van der Waals surface area contributed by atoms with E-state index in [1.54, 1.807) is 0 Å². The molecule has 0 aliphatic carbocycles. The van der Waals surface area contributed by atoms with Gasteiger partial charge in [0.2, 0.25) is 0 Å². The van der Waals surface area contributed by atoms with Crippen LogP contribution in [0.2, 0.25) is 5.02 Å². The van der Waals surface area contributed by atoms with Crippen LogP contribution in [0.1, 0.15) is 31.9 Å². The third-order valence-electron chi connectivity index (χ3n) is 5.53. The van der Waals surface area contributed by atoms with Gasteiger partial charge < -0.3 is 4.90 Å². The first kappa shape index (κ1) is 17.8. The summed E-state index contributed by atoms with van der Waals surface area (Å²) in [5.41, 5.74) is 3.61. The van der Waals surface area contributed by atoms with E-state index in [9.17, 15) is 4.79 Å². The summed E-state index contributed by atoms with van der Waals surface area (Å²) >= 11 is 6.17. The lowest BCUT2D eigenvalue weighted by atomic mass is 9.90. The number of benzene rings is 3. The lowest BCUT2D eigenvalue weighted by Crippen LogP contribution is -2.43. The van der Waals surface area contributed by atoms with Crippen LogP contribution in [-0.4, -0.2) is 17.4 Å². The van der Waals surface area contributed by atoms with Crippen molar-refractivity contribution in [1.29, 1.82) is 0 Å². The van der Waals surface area contributed by atoms with Crippen LogP contribution in [0.3, 0.4) is 0 Å². The first-order valence-electron chi connectivity index (χ1n) is 9.15. The summed E-state index contributed by atoms with van der Waals surface area (Å²) in [6, 6.07) is 22.2. The van der Waals surface area contributed by atoms with Crippen molar-refractivity contribution >= 4 is 33.9 Å². The number of fused-ring (bicyclic) bond motifs is 1. The van der Waals surface area contributed by atoms with Crippen LogP contribution in [-0.2, 0) is 10.3 Å². The van der Waals surface area contributed by atoms with Gasteiger partial charge in [0.1, 0.15) is 0 Å². The van der Waals surface area contributed by atoms with Crippen LogP contribution < -0.4 is 0 Å². The van der Waals surface area contributed by atoms with E-state index in [0.29, 0.717) is 6.54 Å². The second-order valence-corrected chi connectivity index (χ2v) is 8.11. The molecule has 0 atom stereocenters. The number of carbonyl (C=O) groups excluding carboxylic acids is 1. The largest absolute Gasteiger partial charge is 0.325 e. The van der Waals surface area contributed by atoms with Gasteiger partial charge in [-0.05, 0) is 66.4 Å². The first-order chi connectivity index (χ1) is 12.9. The summed E-state index contributed by atoms with van der Waals surface area (Å²) in [6.07, 6.45) is 0. The maximum atomic E-state index is 13.3. The van der Waals surface area contributed by atoms with Gasteiger partial charge in [0.25, 0.3) is 5.91 Å². The lowest BCUT2D eigenvalue weighted by molar-refractivity contribution is -0.128. The summed E-state index contributed by atoms with van der Waals surface area (Å²) in [6.45, 7) is 6.91. The lowest BCUT2D eigenvalue weighted by Gasteiger charge is -2.37. The van der Waals surface area contributed by atoms with Crippen LogP contribution >= 0.6 is 11.6 Å². The Morgan fingerprint density at radius 2 is 1.63 bits per heavy atom. The van der Waals surface area contributed by atoms with Crippen molar-refractivity contribution in [2.45, 2.75) is 26.3 Å². The van der Waals surface area contributed by atoms with Crippen molar-refractivity contribution in [3.8, 4) is 0 Å². The van der Waals surface area contributed by atoms with Gasteiger partial charge in [0, 0.05) is 17.1 Å². The Balaban J connectivity index is 1.72. The summed E-state index contributed by atoms with van der Waals surface area (Å²) in [5, 5.41) is 2.96. The molecule has 0 spiro atoms. The zero-order valence-electron chi connectivity index (χ0n) is 15.8. The van der Waals surface area contributed by atoms with Gasteiger partial charge in [-0.15, -0.1) is 0 Å². The minimum Gasteiger partial charge on any atom is -0.325 e. The Labute approximate surface area is 165 Å². The van der Waals surface area contributed by atoms with Crippen molar-refractivity contribution in [3.63, 3.8) is 0 Å². The summed E-state index contributed by atoms with van der Waals surface area (Å²) in [4.78, 5) is 15.3. The highest BCUT2D eigenvalue weighted by molar-refractivity contribution is 6.31. The number of nitrogens with zero attached hydrogens (tertiary/aromatic N) is 1. The number of hydrogen-bond acceptors (Lipinski definition) is 1. The normalized spacial score (nSPS) is 15.1. The van der Waals surface area contributed by atoms with Crippen molar-refractivity contribution in [3.05, 3.63) is 88.5 Å². The highest BCUT2D eigenvalue weighted by atomic mass is 35.5. The Bertz CT molecular complexity index is 1070. The van der Waals surface area contributed by atoms with Crippen LogP contribution in [0.15, 0.2) is 72.3 Å². The van der Waals surface area contributed by atoms with Crippen molar-refractivity contribution < 1.29 is 4.79 Å². The first-order valence-corrected chi connectivity index (χ1v) is 9.52. The SMILES string of the molecule is CC1=C(c2ccccc2)C(=O)N(C(C)(C)c2ccc3ccc(Cl)cc3c2)C1. The van der Waals surface area contributed by atoms with E-state index < -0.39 is 5.54 Å². The van der Waals surface area contributed by atoms with Gasteiger partial charge in [-0.3, -0.25) is 4.79 Å². The monoisotopic (exact) mass is 375 g/mol. The van der Waals surface area contributed by atoms with E-state index in [2.05, 4.69) is 39.0 Å². The molecule has 3 aromatic rings. The molecule has 136 valence electrons. The van der Waals surface area contributed by atoms with E-state index in [-0.39, 0.29) is 5.91 Å². The van der Waals surface area contributed by atoms with Crippen LogP contribution in [0.4, 0.5) is 0 Å². The van der Waals surface area contributed by atoms with Gasteiger partial charge in [0.05, 0.1) is 5.54 Å². The van der Waals surface area contributed by atoms with E-state index >= 15 is 0 Å². The molecule has 3 aromatic carbocycles. The fourth-order valence-electron chi connectivity index (χ4n) is 3.89. The Morgan fingerprint density at radius 3 is 2.37 bits per heavy atom. The number of rotatable bonds is 3. The van der Waals surface area contributed by atoms with Crippen LogP contribution in [0.5, 0.6) is 0 Å². The molecule has 0 saturated carbocycles. The number of hydrogen-bond donors (Lipinski definition) is 0. The van der Waals surface area contributed by atoms with Crippen LogP contribution in [0.25, 0.3) is 16.3 Å². The maximum Gasteiger partial charge on any atom is 0.255 e. The third kappa shape index (κ3) is 3.04. The van der Waals surface area contributed by atoms with Crippen molar-refractivity contribution in [1.82, 2.24) is 4.90 Å². The molecule has 1 aliphatic rings. The van der Waals surface area contributed by atoms with Gasteiger partial charge in [-0.1, -0.05) is 60.1 Å². The smallest absolute Gasteiger partial charge is 0.255 e. The van der Waals surface area contributed by atoms with E-state index in [1.165, 1.54) is 0 Å². The van der Waals surface area contributed by atoms with E-state index in [1.807, 2.05) is 53.4 Å². The highest BCUT2D eigenvalue weighted by Gasteiger charge is 2.39. The Hall–Kier alpha value is -2.58. The summed E-state index contributed by atoms with van der Waals surface area (Å²) < 4.78 is 0. The van der Waals surface area contributed by atoms with Gasteiger partial charge in [-0.25, -0.2) is 0 Å². The molecule has 4 rings (SSSR count). The minimum absolute atomic E-state index is 0.0925. The number of halogens is 1. The standard InChI is InChI=1S/C24H22ClNO/c1-16-15-26(23(27)22(16)18-7-5-4-6-8-18)24(2,3)20-11-9-17-10-12-21(25)14-19(17)13-20/h4-14H,15H2,1-3H3. The second-order valence-electron chi connectivity index (χ2n) is 7.68. The van der Waals surface area contributed by atoms with Crippen molar-refractivity contribution in [2.75, 3.05) is 6.54 Å². The summed E-state index contributed by atoms with van der Waals surface area (Å²) in [7, 11) is 0. The molecule has 0 unspecified atom stereocenters. The Morgan fingerprint density at radius 1 is 0.926 bits per heavy atom. The maximum absolute atomic E-state index is 13.3. The quantitative estimate of drug-likeness (QED) is 0.546. The molecule has 2 nitrogen and oxygen atoms in total. The van der Waals surface area contributed by atoms with Gasteiger partial charge >= 0.3 is 0 Å². The molecular weight excluding hydrogens is 354 g/mol. The van der Waals surface area contributed by atoms with Crippen molar-refractivity contribution in [2.24, 2.45) is 0 Å². The van der Waals surface area contributed by atoms with Gasteiger partial charge in [-0.2, -0.15) is 0 Å². The molecule has 0 radical (unpaired) electrons. The summed E-state index contributed by atoms with van der Waals surface area (Å²) in [5.74, 6) is 0.0925. The zero-order valence-corrected chi connectivity index (χ0v) is 16.5. The molecule has 0 saturated heterocycles. The van der Waals surface area contributed by atoms with E-state index in [0.717, 1.165) is 38.1 Å². The molecule has 3 heteroatoms. The Kier molecular flexibility index (Phi) is 4.32. The number of amides is 1. The topological polar surface area (TPSA) is 20.3 Å². The fraction of sp³-hybridized carbons (Fsp3) is 0.208. The molecule has 1 amide bonds. The van der Waals surface area contributed by atoms with E-state index in [4.69, 9.17) is 11.6 Å². The second kappa shape index (κ2) is 6.54. The molecule has 1 aliphatic heterocycles. The van der Waals surface area contributed by atoms with Gasteiger partial charge in [0.15, 0.2) is 0 Å². The predicted octanol–water partition coefficient (Wildman–Crippen LogP) is 6.04. The molecule has 0 bridgehead atoms.